The zero-order chi connectivity index (χ0) is 22.7. The molecule has 162 valence electrons. The topological polar surface area (TPSA) is 67.2 Å². The van der Waals surface area contributed by atoms with Gasteiger partial charge in [-0.3, -0.25) is 10.1 Å². The molecule has 0 unspecified atom stereocenters. The summed E-state index contributed by atoms with van der Waals surface area (Å²) in [6.07, 6.45) is 0.598. The lowest BCUT2D eigenvalue weighted by Crippen LogP contribution is -2.34. The summed E-state index contributed by atoms with van der Waals surface area (Å²) in [4.78, 5) is 16.9. The molecule has 1 aromatic heterocycles. The highest BCUT2D eigenvalue weighted by Crippen LogP contribution is 2.23. The summed E-state index contributed by atoms with van der Waals surface area (Å²) in [5.74, 6) is 0.894. The van der Waals surface area contributed by atoms with Crippen molar-refractivity contribution in [3.63, 3.8) is 0 Å². The fourth-order valence-electron chi connectivity index (χ4n) is 3.35. The van der Waals surface area contributed by atoms with Gasteiger partial charge in [-0.05, 0) is 72.6 Å². The van der Waals surface area contributed by atoms with Crippen LogP contribution in [0.5, 0.6) is 0 Å². The summed E-state index contributed by atoms with van der Waals surface area (Å²) >= 11 is 5.27. The van der Waals surface area contributed by atoms with Crippen LogP contribution in [0.1, 0.15) is 52.7 Å². The molecule has 4 aromatic rings. The Bertz CT molecular complexity index is 1260. The van der Waals surface area contributed by atoms with Gasteiger partial charge in [-0.1, -0.05) is 49.7 Å². The van der Waals surface area contributed by atoms with Gasteiger partial charge >= 0.3 is 0 Å². The number of aryl methyl sites for hydroxylation is 1. The van der Waals surface area contributed by atoms with E-state index < -0.39 is 0 Å². The third-order valence-electron chi connectivity index (χ3n) is 5.23. The maximum absolute atomic E-state index is 12.3. The molecule has 1 heterocycles. The van der Waals surface area contributed by atoms with E-state index in [-0.39, 0.29) is 11.0 Å². The van der Waals surface area contributed by atoms with Gasteiger partial charge in [-0.2, -0.15) is 0 Å². The first-order valence-corrected chi connectivity index (χ1v) is 11.0. The molecular formula is C26H25N3O2S. The van der Waals surface area contributed by atoms with Gasteiger partial charge in [0.15, 0.2) is 16.6 Å². The molecule has 5 nitrogen and oxygen atoms in total. The quantitative estimate of drug-likeness (QED) is 0.372. The van der Waals surface area contributed by atoms with Crippen LogP contribution in [0.2, 0.25) is 0 Å². The molecule has 0 aliphatic rings. The molecule has 0 saturated carbocycles. The number of fused-ring (bicyclic) bond motifs is 1. The Morgan fingerprint density at radius 1 is 1.03 bits per heavy atom. The van der Waals surface area contributed by atoms with E-state index in [1.807, 2.05) is 49.4 Å². The SMILES string of the molecule is Cc1ccc(C(=O)NC(=S)Nc2ccc(Cc3nc4cc(C(C)C)ccc4o3)cc2)cc1. The largest absolute Gasteiger partial charge is 0.440 e. The number of aromatic nitrogens is 1. The number of carbonyl (C=O) groups excluding carboxylic acids is 1. The summed E-state index contributed by atoms with van der Waals surface area (Å²) in [6, 6.07) is 21.3. The summed E-state index contributed by atoms with van der Waals surface area (Å²) < 4.78 is 5.90. The molecule has 0 fully saturated rings. The number of benzene rings is 3. The van der Waals surface area contributed by atoms with Crippen LogP contribution < -0.4 is 10.6 Å². The van der Waals surface area contributed by atoms with Crippen LogP contribution in [0.3, 0.4) is 0 Å². The molecular weight excluding hydrogens is 418 g/mol. The van der Waals surface area contributed by atoms with Gasteiger partial charge in [0.05, 0.1) is 0 Å². The average molecular weight is 444 g/mol. The zero-order valence-corrected chi connectivity index (χ0v) is 19.1. The smallest absolute Gasteiger partial charge is 0.257 e. The van der Waals surface area contributed by atoms with Crippen molar-refractivity contribution < 1.29 is 9.21 Å². The molecule has 0 atom stereocenters. The Morgan fingerprint density at radius 3 is 2.44 bits per heavy atom. The number of amides is 1. The lowest BCUT2D eigenvalue weighted by molar-refractivity contribution is 0.0977. The van der Waals surface area contributed by atoms with Gasteiger partial charge in [0.2, 0.25) is 0 Å². The number of anilines is 1. The van der Waals surface area contributed by atoms with E-state index in [0.717, 1.165) is 27.9 Å². The van der Waals surface area contributed by atoms with Crippen molar-refractivity contribution in [1.82, 2.24) is 10.3 Å². The number of carbonyl (C=O) groups is 1. The van der Waals surface area contributed by atoms with E-state index >= 15 is 0 Å². The molecule has 0 bridgehead atoms. The molecule has 0 aliphatic heterocycles. The van der Waals surface area contributed by atoms with E-state index in [4.69, 9.17) is 16.6 Å². The molecule has 0 aliphatic carbocycles. The number of nitrogens with zero attached hydrogens (tertiary/aromatic N) is 1. The van der Waals surface area contributed by atoms with Crippen LogP contribution in [0.15, 0.2) is 71.1 Å². The lowest BCUT2D eigenvalue weighted by atomic mass is 10.0. The Labute approximate surface area is 192 Å². The van der Waals surface area contributed by atoms with Crippen molar-refractivity contribution in [2.24, 2.45) is 0 Å². The van der Waals surface area contributed by atoms with E-state index in [2.05, 4.69) is 41.6 Å². The molecule has 0 radical (unpaired) electrons. The Balaban J connectivity index is 1.36. The highest BCUT2D eigenvalue weighted by Gasteiger charge is 2.10. The number of hydrogen-bond donors (Lipinski definition) is 2. The van der Waals surface area contributed by atoms with Gasteiger partial charge in [-0.25, -0.2) is 4.98 Å². The van der Waals surface area contributed by atoms with Gasteiger partial charge in [0.1, 0.15) is 5.52 Å². The van der Waals surface area contributed by atoms with E-state index in [1.54, 1.807) is 12.1 Å². The molecule has 0 spiro atoms. The molecule has 1 amide bonds. The van der Waals surface area contributed by atoms with Crippen molar-refractivity contribution in [1.29, 1.82) is 0 Å². The van der Waals surface area contributed by atoms with E-state index in [1.165, 1.54) is 5.56 Å². The fourth-order valence-corrected chi connectivity index (χ4v) is 3.56. The predicted molar refractivity (Wildman–Crippen MR) is 132 cm³/mol. The first-order valence-electron chi connectivity index (χ1n) is 10.5. The van der Waals surface area contributed by atoms with Crippen LogP contribution in [-0.2, 0) is 6.42 Å². The Morgan fingerprint density at radius 2 is 1.75 bits per heavy atom. The van der Waals surface area contributed by atoms with Crippen LogP contribution >= 0.6 is 12.2 Å². The van der Waals surface area contributed by atoms with Crippen molar-refractivity contribution >= 4 is 40.0 Å². The van der Waals surface area contributed by atoms with Gasteiger partial charge in [-0.15, -0.1) is 0 Å². The maximum Gasteiger partial charge on any atom is 0.257 e. The van der Waals surface area contributed by atoms with Crippen molar-refractivity contribution in [3.8, 4) is 0 Å². The number of nitrogens with one attached hydrogen (secondary N) is 2. The zero-order valence-electron chi connectivity index (χ0n) is 18.3. The first-order chi connectivity index (χ1) is 15.4. The molecule has 3 aromatic carbocycles. The fraction of sp³-hybridized carbons (Fsp3) is 0.192. The first kappa shape index (κ1) is 21.7. The highest BCUT2D eigenvalue weighted by atomic mass is 32.1. The minimum atomic E-state index is -0.240. The van der Waals surface area contributed by atoms with Crippen molar-refractivity contribution in [2.45, 2.75) is 33.1 Å². The minimum Gasteiger partial charge on any atom is -0.440 e. The molecule has 4 rings (SSSR count). The molecule has 32 heavy (non-hydrogen) atoms. The van der Waals surface area contributed by atoms with E-state index in [9.17, 15) is 4.79 Å². The normalized spacial score (nSPS) is 11.0. The highest BCUT2D eigenvalue weighted by molar-refractivity contribution is 7.80. The van der Waals surface area contributed by atoms with Crippen LogP contribution in [-0.4, -0.2) is 16.0 Å². The van der Waals surface area contributed by atoms with Gasteiger partial charge in [0, 0.05) is 17.7 Å². The molecule has 6 heteroatoms. The Kier molecular flexibility index (Phi) is 6.32. The van der Waals surface area contributed by atoms with E-state index in [0.29, 0.717) is 23.8 Å². The third-order valence-corrected chi connectivity index (χ3v) is 5.43. The average Bonchev–Trinajstić information content (AvgIpc) is 3.17. The maximum atomic E-state index is 12.3. The second kappa shape index (κ2) is 9.32. The van der Waals surface area contributed by atoms with Crippen LogP contribution in [0.25, 0.3) is 11.1 Å². The monoisotopic (exact) mass is 443 g/mol. The van der Waals surface area contributed by atoms with Crippen LogP contribution in [0.4, 0.5) is 5.69 Å². The second-order valence-electron chi connectivity index (χ2n) is 8.14. The minimum absolute atomic E-state index is 0.240. The molecule has 0 saturated heterocycles. The summed E-state index contributed by atoms with van der Waals surface area (Å²) in [6.45, 7) is 6.30. The predicted octanol–water partition coefficient (Wildman–Crippen LogP) is 5.98. The summed E-state index contributed by atoms with van der Waals surface area (Å²) in [7, 11) is 0. The number of rotatable bonds is 5. The van der Waals surface area contributed by atoms with Crippen molar-refractivity contribution in [2.75, 3.05) is 5.32 Å². The summed E-state index contributed by atoms with van der Waals surface area (Å²) in [5.41, 5.74) is 6.46. The number of oxazole rings is 1. The van der Waals surface area contributed by atoms with Gasteiger partial charge < -0.3 is 9.73 Å². The Hall–Kier alpha value is -3.51. The third kappa shape index (κ3) is 5.21. The van der Waals surface area contributed by atoms with Crippen molar-refractivity contribution in [3.05, 3.63) is 94.9 Å². The van der Waals surface area contributed by atoms with Crippen LogP contribution in [0, 0.1) is 6.92 Å². The van der Waals surface area contributed by atoms with Gasteiger partial charge in [0.25, 0.3) is 5.91 Å². The summed E-state index contributed by atoms with van der Waals surface area (Å²) in [5, 5.41) is 6.00. The number of thiocarbonyl (C=S) groups is 1. The molecule has 2 N–H and O–H groups in total. The lowest BCUT2D eigenvalue weighted by Gasteiger charge is -2.10. The number of hydrogen-bond acceptors (Lipinski definition) is 4. The standard InChI is InChI=1S/C26H25N3O2S/c1-16(2)20-10-13-23-22(15-20)28-24(31-23)14-18-6-11-21(12-7-18)27-26(32)29-25(30)19-8-4-17(3)5-9-19/h4-13,15-16H,14H2,1-3H3,(H2,27,29,30,32). The second-order valence-corrected chi connectivity index (χ2v) is 8.55.